The summed E-state index contributed by atoms with van der Waals surface area (Å²) in [5.41, 5.74) is 10.9. The Bertz CT molecular complexity index is 430. The molecule has 2 nitrogen and oxygen atoms in total. The number of nitrogens with two attached hydrogens (primary N) is 1. The zero-order valence-corrected chi connectivity index (χ0v) is 11.1. The fraction of sp³-hybridized carbons (Fsp3) is 0.600. The topological polar surface area (TPSA) is 46.2 Å². The molecule has 17 heavy (non-hydrogen) atoms. The summed E-state index contributed by atoms with van der Waals surface area (Å²) in [6, 6.07) is 1.96. The van der Waals surface area contributed by atoms with E-state index in [1.54, 1.807) is 0 Å². The maximum absolute atomic E-state index is 10.2. The van der Waals surface area contributed by atoms with Gasteiger partial charge in [-0.15, -0.1) is 0 Å². The number of fused-ring (bicyclic) bond motifs is 1. The molecule has 0 fully saturated rings. The van der Waals surface area contributed by atoms with Gasteiger partial charge < -0.3 is 10.8 Å². The van der Waals surface area contributed by atoms with Crippen molar-refractivity contribution in [3.8, 4) is 5.75 Å². The first-order valence-corrected chi connectivity index (χ1v) is 6.50. The minimum absolute atomic E-state index is 0.273. The Morgan fingerprint density at radius 3 is 2.59 bits per heavy atom. The lowest BCUT2D eigenvalue weighted by molar-refractivity contribution is 0.446. The Balaban J connectivity index is 2.46. The predicted octanol–water partition coefficient (Wildman–Crippen LogP) is 2.86. The second kappa shape index (κ2) is 4.34. The van der Waals surface area contributed by atoms with Gasteiger partial charge in [-0.25, -0.2) is 0 Å². The molecule has 0 saturated heterocycles. The molecule has 2 heteroatoms. The smallest absolute Gasteiger partial charge is 0.119 e. The van der Waals surface area contributed by atoms with Crippen LogP contribution in [0.2, 0.25) is 0 Å². The summed E-state index contributed by atoms with van der Waals surface area (Å²) in [6.45, 7) is 6.14. The van der Waals surface area contributed by atoms with Crippen LogP contribution in [0.1, 0.15) is 48.9 Å². The van der Waals surface area contributed by atoms with Crippen molar-refractivity contribution in [1.82, 2.24) is 0 Å². The number of rotatable bonds is 2. The third kappa shape index (κ3) is 2.63. The maximum atomic E-state index is 10.2. The van der Waals surface area contributed by atoms with E-state index in [1.165, 1.54) is 29.5 Å². The van der Waals surface area contributed by atoms with Crippen molar-refractivity contribution in [2.24, 2.45) is 5.73 Å². The first-order valence-electron chi connectivity index (χ1n) is 6.50. The van der Waals surface area contributed by atoms with Gasteiger partial charge in [-0.3, -0.25) is 0 Å². The summed E-state index contributed by atoms with van der Waals surface area (Å²) in [6.07, 6.45) is 5.51. The van der Waals surface area contributed by atoms with E-state index in [0.29, 0.717) is 5.75 Å². The molecule has 0 saturated carbocycles. The molecule has 1 aliphatic rings. The number of aromatic hydroxyl groups is 1. The highest BCUT2D eigenvalue weighted by molar-refractivity contribution is 5.50. The van der Waals surface area contributed by atoms with Gasteiger partial charge in [0.05, 0.1) is 0 Å². The number of aryl methyl sites for hydroxylation is 1. The summed E-state index contributed by atoms with van der Waals surface area (Å²) in [5, 5.41) is 10.2. The van der Waals surface area contributed by atoms with Crippen LogP contribution in [0, 0.1) is 6.92 Å². The van der Waals surface area contributed by atoms with E-state index in [-0.39, 0.29) is 5.54 Å². The molecule has 0 heterocycles. The van der Waals surface area contributed by atoms with Crippen LogP contribution in [-0.4, -0.2) is 10.6 Å². The largest absolute Gasteiger partial charge is 0.508 e. The van der Waals surface area contributed by atoms with Gasteiger partial charge in [-0.05, 0) is 81.2 Å². The van der Waals surface area contributed by atoms with Crippen molar-refractivity contribution < 1.29 is 5.11 Å². The Kier molecular flexibility index (Phi) is 3.17. The highest BCUT2D eigenvalue weighted by Crippen LogP contribution is 2.34. The summed E-state index contributed by atoms with van der Waals surface area (Å²) in [5.74, 6) is 0.432. The molecule has 0 radical (unpaired) electrons. The Hall–Kier alpha value is -1.02. The van der Waals surface area contributed by atoms with Crippen LogP contribution in [0.3, 0.4) is 0 Å². The molecule has 0 unspecified atom stereocenters. The predicted molar refractivity (Wildman–Crippen MR) is 71.5 cm³/mol. The lowest BCUT2D eigenvalue weighted by Gasteiger charge is -2.25. The molecule has 0 aliphatic heterocycles. The summed E-state index contributed by atoms with van der Waals surface area (Å²) < 4.78 is 0. The molecule has 94 valence electrons. The highest BCUT2D eigenvalue weighted by atomic mass is 16.3. The molecule has 2 rings (SSSR count). The van der Waals surface area contributed by atoms with Crippen molar-refractivity contribution >= 4 is 0 Å². The van der Waals surface area contributed by atoms with Gasteiger partial charge in [-0.1, -0.05) is 0 Å². The summed E-state index contributed by atoms with van der Waals surface area (Å²) >= 11 is 0. The van der Waals surface area contributed by atoms with Crippen molar-refractivity contribution in [2.45, 2.75) is 58.4 Å². The van der Waals surface area contributed by atoms with Gasteiger partial charge in [0, 0.05) is 5.54 Å². The molecule has 3 N–H and O–H groups in total. The maximum Gasteiger partial charge on any atom is 0.119 e. The molecule has 0 bridgehead atoms. The average Bonchev–Trinajstić information content (AvgIpc) is 2.23. The molecule has 0 aromatic heterocycles. The standard InChI is InChI=1S/C15H23NO/c1-10-12-7-5-4-6-11(12)8-14(17)13(10)9-15(2,3)16/h8,17H,4-7,9,16H2,1-3H3. The van der Waals surface area contributed by atoms with Gasteiger partial charge in [0.1, 0.15) is 5.75 Å². The van der Waals surface area contributed by atoms with Gasteiger partial charge in [0.15, 0.2) is 0 Å². The molecule has 1 aromatic rings. The number of hydrogen-bond acceptors (Lipinski definition) is 2. The van der Waals surface area contributed by atoms with Crippen molar-refractivity contribution in [1.29, 1.82) is 0 Å². The zero-order chi connectivity index (χ0) is 12.6. The SMILES string of the molecule is Cc1c(CC(C)(C)N)c(O)cc2c1CCCC2. The number of benzene rings is 1. The first kappa shape index (κ1) is 12.4. The lowest BCUT2D eigenvalue weighted by atomic mass is 9.83. The normalized spacial score (nSPS) is 15.8. The van der Waals surface area contributed by atoms with Crippen LogP contribution in [0.25, 0.3) is 0 Å². The molecule has 1 aliphatic carbocycles. The Morgan fingerprint density at radius 2 is 1.94 bits per heavy atom. The lowest BCUT2D eigenvalue weighted by Crippen LogP contribution is -2.34. The van der Waals surface area contributed by atoms with Crippen LogP contribution < -0.4 is 5.73 Å². The van der Waals surface area contributed by atoms with Crippen LogP contribution in [0.4, 0.5) is 0 Å². The number of phenols is 1. The monoisotopic (exact) mass is 233 g/mol. The number of hydrogen-bond donors (Lipinski definition) is 2. The van der Waals surface area contributed by atoms with E-state index < -0.39 is 0 Å². The van der Waals surface area contributed by atoms with Crippen molar-refractivity contribution in [3.05, 3.63) is 28.3 Å². The van der Waals surface area contributed by atoms with E-state index in [0.717, 1.165) is 24.8 Å². The molecular weight excluding hydrogens is 210 g/mol. The fourth-order valence-electron chi connectivity index (χ4n) is 2.82. The minimum atomic E-state index is -0.273. The Morgan fingerprint density at radius 1 is 1.29 bits per heavy atom. The van der Waals surface area contributed by atoms with Crippen LogP contribution in [-0.2, 0) is 19.3 Å². The van der Waals surface area contributed by atoms with Gasteiger partial charge in [0.2, 0.25) is 0 Å². The molecule has 0 spiro atoms. The third-order valence-electron chi connectivity index (χ3n) is 3.67. The quantitative estimate of drug-likeness (QED) is 0.825. The zero-order valence-electron chi connectivity index (χ0n) is 11.1. The van der Waals surface area contributed by atoms with Crippen LogP contribution >= 0.6 is 0 Å². The van der Waals surface area contributed by atoms with E-state index >= 15 is 0 Å². The van der Waals surface area contributed by atoms with Crippen LogP contribution in [0.15, 0.2) is 6.07 Å². The summed E-state index contributed by atoms with van der Waals surface area (Å²) in [7, 11) is 0. The summed E-state index contributed by atoms with van der Waals surface area (Å²) in [4.78, 5) is 0. The molecule has 0 atom stereocenters. The molecule has 0 amide bonds. The Labute approximate surface area is 104 Å². The van der Waals surface area contributed by atoms with E-state index in [4.69, 9.17) is 5.73 Å². The third-order valence-corrected chi connectivity index (χ3v) is 3.67. The first-order chi connectivity index (χ1) is 7.88. The van der Waals surface area contributed by atoms with E-state index in [1.807, 2.05) is 19.9 Å². The van der Waals surface area contributed by atoms with E-state index in [2.05, 4.69) is 6.92 Å². The molecular formula is C15H23NO. The number of phenolic OH excluding ortho intramolecular Hbond substituents is 1. The fourth-order valence-corrected chi connectivity index (χ4v) is 2.82. The van der Waals surface area contributed by atoms with E-state index in [9.17, 15) is 5.11 Å². The van der Waals surface area contributed by atoms with Gasteiger partial charge in [0.25, 0.3) is 0 Å². The second-order valence-electron chi connectivity index (χ2n) is 6.01. The van der Waals surface area contributed by atoms with Gasteiger partial charge >= 0.3 is 0 Å². The van der Waals surface area contributed by atoms with Crippen LogP contribution in [0.5, 0.6) is 5.75 Å². The second-order valence-corrected chi connectivity index (χ2v) is 6.01. The highest BCUT2D eigenvalue weighted by Gasteiger charge is 2.21. The average molecular weight is 233 g/mol. The van der Waals surface area contributed by atoms with Gasteiger partial charge in [-0.2, -0.15) is 0 Å². The molecule has 1 aromatic carbocycles. The minimum Gasteiger partial charge on any atom is -0.508 e. The van der Waals surface area contributed by atoms with Crippen molar-refractivity contribution in [2.75, 3.05) is 0 Å². The van der Waals surface area contributed by atoms with Crippen molar-refractivity contribution in [3.63, 3.8) is 0 Å².